The van der Waals surface area contributed by atoms with Crippen LogP contribution in [0.5, 0.6) is 5.88 Å². The van der Waals surface area contributed by atoms with E-state index < -0.39 is 0 Å². The molecule has 1 aliphatic heterocycles. The zero-order valence-electron chi connectivity index (χ0n) is 12.3. The van der Waals surface area contributed by atoms with E-state index in [0.717, 1.165) is 44.0 Å². The first kappa shape index (κ1) is 13.9. The number of pyridine rings is 1. The Bertz CT molecular complexity index is 588. The number of rotatable bonds is 4. The van der Waals surface area contributed by atoms with Gasteiger partial charge >= 0.3 is 0 Å². The molecule has 0 aliphatic carbocycles. The van der Waals surface area contributed by atoms with Gasteiger partial charge in [0.1, 0.15) is 6.33 Å². The summed E-state index contributed by atoms with van der Waals surface area (Å²) < 4.78 is 5.64. The van der Waals surface area contributed by atoms with Crippen LogP contribution in [0.3, 0.4) is 0 Å². The molecular formula is C16H20N4O. The van der Waals surface area contributed by atoms with Crippen molar-refractivity contribution >= 4 is 0 Å². The third-order valence-electron chi connectivity index (χ3n) is 3.77. The molecule has 0 unspecified atom stereocenters. The molecule has 1 aliphatic rings. The minimum atomic E-state index is 0.643. The molecule has 0 saturated carbocycles. The van der Waals surface area contributed by atoms with E-state index in [1.165, 1.54) is 11.1 Å². The molecule has 0 saturated heterocycles. The smallest absolute Gasteiger partial charge is 0.219 e. The summed E-state index contributed by atoms with van der Waals surface area (Å²) in [5, 5.41) is 0. The van der Waals surface area contributed by atoms with Crippen LogP contribution in [0.15, 0.2) is 30.9 Å². The van der Waals surface area contributed by atoms with Crippen LogP contribution in [0, 0.1) is 0 Å². The Morgan fingerprint density at radius 2 is 1.95 bits per heavy atom. The van der Waals surface area contributed by atoms with Gasteiger partial charge in [0.05, 0.1) is 12.3 Å². The molecule has 5 nitrogen and oxygen atoms in total. The van der Waals surface area contributed by atoms with Crippen LogP contribution in [0.2, 0.25) is 0 Å². The fourth-order valence-electron chi connectivity index (χ4n) is 2.71. The lowest BCUT2D eigenvalue weighted by atomic mass is 10.1. The van der Waals surface area contributed by atoms with E-state index in [2.05, 4.69) is 32.0 Å². The summed E-state index contributed by atoms with van der Waals surface area (Å²) in [7, 11) is 0. The highest BCUT2D eigenvalue weighted by Crippen LogP contribution is 2.22. The van der Waals surface area contributed by atoms with Crippen molar-refractivity contribution in [1.82, 2.24) is 19.9 Å². The van der Waals surface area contributed by atoms with Crippen LogP contribution in [0.1, 0.15) is 23.7 Å². The summed E-state index contributed by atoms with van der Waals surface area (Å²) in [6, 6.07) is 4.15. The summed E-state index contributed by atoms with van der Waals surface area (Å²) in [5.41, 5.74) is 3.61. The van der Waals surface area contributed by atoms with Crippen molar-refractivity contribution in [2.45, 2.75) is 26.3 Å². The molecule has 2 aromatic rings. The first-order valence-electron chi connectivity index (χ1n) is 7.43. The van der Waals surface area contributed by atoms with Crippen LogP contribution in [-0.4, -0.2) is 39.5 Å². The first-order valence-corrected chi connectivity index (χ1v) is 7.43. The van der Waals surface area contributed by atoms with Crippen LogP contribution in [0.25, 0.3) is 0 Å². The van der Waals surface area contributed by atoms with Crippen LogP contribution >= 0.6 is 0 Å². The van der Waals surface area contributed by atoms with E-state index in [1.54, 1.807) is 6.33 Å². The molecule has 3 heterocycles. The second-order valence-corrected chi connectivity index (χ2v) is 5.17. The van der Waals surface area contributed by atoms with E-state index in [4.69, 9.17) is 4.74 Å². The Labute approximate surface area is 125 Å². The Kier molecular flexibility index (Phi) is 4.40. The largest absolute Gasteiger partial charge is 0.478 e. The van der Waals surface area contributed by atoms with Crippen molar-refractivity contribution < 1.29 is 4.74 Å². The van der Waals surface area contributed by atoms with Crippen molar-refractivity contribution in [3.05, 3.63) is 47.7 Å². The number of aromatic nitrogens is 3. The molecule has 0 amide bonds. The van der Waals surface area contributed by atoms with Gasteiger partial charge in [-0.1, -0.05) is 0 Å². The van der Waals surface area contributed by atoms with Gasteiger partial charge in [-0.05, 0) is 31.0 Å². The van der Waals surface area contributed by atoms with Gasteiger partial charge < -0.3 is 4.74 Å². The third-order valence-corrected chi connectivity index (χ3v) is 3.77. The fourth-order valence-corrected chi connectivity index (χ4v) is 2.71. The Morgan fingerprint density at radius 3 is 2.76 bits per heavy atom. The molecule has 21 heavy (non-hydrogen) atoms. The highest BCUT2D eigenvalue weighted by atomic mass is 16.5. The lowest BCUT2D eigenvalue weighted by Crippen LogP contribution is -2.25. The van der Waals surface area contributed by atoms with E-state index in [9.17, 15) is 0 Å². The predicted molar refractivity (Wildman–Crippen MR) is 80.1 cm³/mol. The molecule has 0 aromatic carbocycles. The molecular weight excluding hydrogens is 264 g/mol. The van der Waals surface area contributed by atoms with E-state index in [-0.39, 0.29) is 0 Å². The van der Waals surface area contributed by atoms with Gasteiger partial charge in [0.15, 0.2) is 0 Å². The molecule has 5 heteroatoms. The van der Waals surface area contributed by atoms with Gasteiger partial charge in [-0.3, -0.25) is 9.88 Å². The van der Waals surface area contributed by atoms with Crippen LogP contribution in [0.4, 0.5) is 0 Å². The molecule has 0 atom stereocenters. The van der Waals surface area contributed by atoms with Crippen LogP contribution in [-0.2, 0) is 19.4 Å². The molecule has 0 N–H and O–H groups in total. The maximum absolute atomic E-state index is 5.64. The normalized spacial score (nSPS) is 15.3. The zero-order valence-corrected chi connectivity index (χ0v) is 12.3. The number of ether oxygens (including phenoxy) is 1. The van der Waals surface area contributed by atoms with Gasteiger partial charge in [-0.15, -0.1) is 0 Å². The molecule has 0 radical (unpaired) electrons. The fraction of sp³-hybridized carbons (Fsp3) is 0.438. The second-order valence-electron chi connectivity index (χ2n) is 5.17. The third kappa shape index (κ3) is 3.36. The number of nitrogens with zero attached hydrogens (tertiary/aromatic N) is 4. The Morgan fingerprint density at radius 1 is 1.14 bits per heavy atom. The molecule has 110 valence electrons. The Balaban J connectivity index is 1.72. The molecule has 0 bridgehead atoms. The lowest BCUT2D eigenvalue weighted by Gasteiger charge is -2.19. The SMILES string of the molecule is CCOc1ncnc2c1CCN(Cc1ccncc1)CC2. The van der Waals surface area contributed by atoms with E-state index >= 15 is 0 Å². The van der Waals surface area contributed by atoms with Gasteiger partial charge in [0.2, 0.25) is 5.88 Å². The highest BCUT2D eigenvalue weighted by Gasteiger charge is 2.19. The minimum Gasteiger partial charge on any atom is -0.478 e. The highest BCUT2D eigenvalue weighted by molar-refractivity contribution is 5.31. The summed E-state index contributed by atoms with van der Waals surface area (Å²) in [5.74, 6) is 0.758. The molecule has 2 aromatic heterocycles. The summed E-state index contributed by atoms with van der Waals surface area (Å²) in [6.07, 6.45) is 7.20. The van der Waals surface area contributed by atoms with Crippen molar-refractivity contribution in [3.63, 3.8) is 0 Å². The topological polar surface area (TPSA) is 51.1 Å². The standard InChI is InChI=1S/C16H20N4O/c1-2-21-16-14-5-9-20(10-6-15(14)18-12-19-16)11-13-3-7-17-8-4-13/h3-4,7-8,12H,2,5-6,9-11H2,1H3. The molecule has 0 spiro atoms. The quantitative estimate of drug-likeness (QED) is 0.858. The van der Waals surface area contributed by atoms with Gasteiger partial charge in [0.25, 0.3) is 0 Å². The van der Waals surface area contributed by atoms with Crippen LogP contribution < -0.4 is 4.74 Å². The van der Waals surface area contributed by atoms with Crippen molar-refractivity contribution in [2.75, 3.05) is 19.7 Å². The molecule has 0 fully saturated rings. The molecule has 3 rings (SSSR count). The zero-order chi connectivity index (χ0) is 14.5. The Hall–Kier alpha value is -2.01. The van der Waals surface area contributed by atoms with E-state index in [1.807, 2.05) is 19.3 Å². The monoisotopic (exact) mass is 284 g/mol. The predicted octanol–water partition coefficient (Wildman–Crippen LogP) is 1.87. The first-order chi connectivity index (χ1) is 10.4. The summed E-state index contributed by atoms with van der Waals surface area (Å²) in [6.45, 7) is 5.60. The lowest BCUT2D eigenvalue weighted by molar-refractivity contribution is 0.277. The van der Waals surface area contributed by atoms with Crippen molar-refractivity contribution in [1.29, 1.82) is 0 Å². The van der Waals surface area contributed by atoms with Crippen molar-refractivity contribution in [2.24, 2.45) is 0 Å². The van der Waals surface area contributed by atoms with E-state index in [0.29, 0.717) is 6.61 Å². The number of hydrogen-bond acceptors (Lipinski definition) is 5. The summed E-state index contributed by atoms with van der Waals surface area (Å²) >= 11 is 0. The number of fused-ring (bicyclic) bond motifs is 1. The average Bonchev–Trinajstić information content (AvgIpc) is 2.72. The van der Waals surface area contributed by atoms with Gasteiger partial charge in [-0.25, -0.2) is 9.97 Å². The second kappa shape index (κ2) is 6.63. The number of hydrogen-bond donors (Lipinski definition) is 0. The average molecular weight is 284 g/mol. The maximum atomic E-state index is 5.64. The van der Waals surface area contributed by atoms with Gasteiger partial charge in [-0.2, -0.15) is 0 Å². The summed E-state index contributed by atoms with van der Waals surface area (Å²) in [4.78, 5) is 15.2. The minimum absolute atomic E-state index is 0.643. The maximum Gasteiger partial charge on any atom is 0.219 e. The van der Waals surface area contributed by atoms with Gasteiger partial charge in [0, 0.05) is 44.0 Å². The van der Waals surface area contributed by atoms with Crippen molar-refractivity contribution in [3.8, 4) is 5.88 Å².